The van der Waals surface area contributed by atoms with Crippen molar-refractivity contribution in [2.24, 2.45) is 0 Å². The maximum atomic E-state index is 13.4. The van der Waals surface area contributed by atoms with E-state index in [1.165, 1.54) is 11.3 Å². The van der Waals surface area contributed by atoms with Gasteiger partial charge in [0.15, 0.2) is 5.78 Å². The third-order valence-corrected chi connectivity index (χ3v) is 8.86. The SMILES string of the molecule is COc1ccc2c(C(=O)N3CCC4(CC3)CC(=O)c3cc(C#N)ccc3S4)c(N)sc2c1. The van der Waals surface area contributed by atoms with Gasteiger partial charge in [-0.05, 0) is 49.2 Å². The van der Waals surface area contributed by atoms with Gasteiger partial charge in [0.25, 0.3) is 5.91 Å². The number of ether oxygens (including phenoxy) is 1. The molecule has 1 spiro atoms. The number of ketones is 1. The second-order valence-corrected chi connectivity index (χ2v) is 10.8. The summed E-state index contributed by atoms with van der Waals surface area (Å²) in [6.45, 7) is 1.16. The summed E-state index contributed by atoms with van der Waals surface area (Å²) >= 11 is 3.12. The highest BCUT2D eigenvalue weighted by atomic mass is 32.2. The number of anilines is 1. The van der Waals surface area contributed by atoms with Crippen molar-refractivity contribution in [1.82, 2.24) is 4.90 Å². The molecular weight excluding hydrogens is 442 g/mol. The number of hydrogen-bond acceptors (Lipinski definition) is 7. The maximum Gasteiger partial charge on any atom is 0.257 e. The van der Waals surface area contributed by atoms with Gasteiger partial charge in [0.05, 0.1) is 29.3 Å². The number of hydrogen-bond donors (Lipinski definition) is 1. The zero-order valence-corrected chi connectivity index (χ0v) is 19.1. The van der Waals surface area contributed by atoms with Crippen molar-refractivity contribution < 1.29 is 14.3 Å². The highest BCUT2D eigenvalue weighted by Crippen LogP contribution is 2.49. The number of carbonyl (C=O) groups is 2. The Hall–Kier alpha value is -3.02. The van der Waals surface area contributed by atoms with E-state index in [9.17, 15) is 9.59 Å². The van der Waals surface area contributed by atoms with Crippen LogP contribution in [0.5, 0.6) is 5.75 Å². The lowest BCUT2D eigenvalue weighted by molar-refractivity contribution is 0.0699. The minimum Gasteiger partial charge on any atom is -0.497 e. The Kier molecular flexibility index (Phi) is 5.11. The molecule has 0 unspecified atom stereocenters. The third kappa shape index (κ3) is 3.42. The molecule has 1 saturated heterocycles. The molecule has 0 saturated carbocycles. The van der Waals surface area contributed by atoms with Gasteiger partial charge in [0, 0.05) is 44.8 Å². The van der Waals surface area contributed by atoms with Gasteiger partial charge in [-0.15, -0.1) is 23.1 Å². The predicted octanol–water partition coefficient (Wildman–Crippen LogP) is 4.72. The largest absolute Gasteiger partial charge is 0.497 e. The zero-order chi connectivity index (χ0) is 22.5. The summed E-state index contributed by atoms with van der Waals surface area (Å²) in [5.41, 5.74) is 7.95. The van der Waals surface area contributed by atoms with Gasteiger partial charge in [-0.1, -0.05) is 0 Å². The smallest absolute Gasteiger partial charge is 0.257 e. The van der Waals surface area contributed by atoms with E-state index >= 15 is 0 Å². The molecule has 6 nitrogen and oxygen atoms in total. The quantitative estimate of drug-likeness (QED) is 0.591. The minimum atomic E-state index is -0.204. The number of piperidine rings is 1. The number of nitrogen functional groups attached to an aromatic ring is 1. The van der Waals surface area contributed by atoms with Crippen LogP contribution in [0.15, 0.2) is 41.3 Å². The molecule has 0 aliphatic carbocycles. The van der Waals surface area contributed by atoms with Gasteiger partial charge < -0.3 is 15.4 Å². The fourth-order valence-corrected chi connectivity index (χ4v) is 7.03. The van der Waals surface area contributed by atoms with Crippen molar-refractivity contribution >= 4 is 49.9 Å². The number of thiophene rings is 1. The first-order valence-electron chi connectivity index (χ1n) is 10.3. The average molecular weight is 464 g/mol. The van der Waals surface area contributed by atoms with Crippen molar-refractivity contribution in [3.05, 3.63) is 53.1 Å². The van der Waals surface area contributed by atoms with Gasteiger partial charge in [0.2, 0.25) is 0 Å². The molecule has 2 aliphatic rings. The van der Waals surface area contributed by atoms with Crippen LogP contribution >= 0.6 is 23.1 Å². The Bertz CT molecular complexity index is 1300. The number of thioether (sulfide) groups is 1. The second kappa shape index (κ2) is 7.84. The molecule has 5 rings (SSSR count). The molecule has 0 radical (unpaired) electrons. The van der Waals surface area contributed by atoms with E-state index in [0.717, 1.165) is 33.6 Å². The van der Waals surface area contributed by atoms with Crippen LogP contribution in [-0.2, 0) is 0 Å². The number of fused-ring (bicyclic) bond motifs is 2. The molecule has 32 heavy (non-hydrogen) atoms. The summed E-state index contributed by atoms with van der Waals surface area (Å²) in [7, 11) is 1.61. The summed E-state index contributed by atoms with van der Waals surface area (Å²) in [6.07, 6.45) is 1.92. The van der Waals surface area contributed by atoms with E-state index in [1.54, 1.807) is 31.0 Å². The van der Waals surface area contributed by atoms with Gasteiger partial charge in [0.1, 0.15) is 5.75 Å². The van der Waals surface area contributed by atoms with Crippen molar-refractivity contribution in [1.29, 1.82) is 5.26 Å². The molecule has 1 fully saturated rings. The van der Waals surface area contributed by atoms with Crippen molar-refractivity contribution in [2.45, 2.75) is 28.9 Å². The van der Waals surface area contributed by atoms with Crippen LogP contribution in [0.3, 0.4) is 0 Å². The number of nitrogens with two attached hydrogens (primary N) is 1. The number of carbonyl (C=O) groups excluding carboxylic acids is 2. The van der Waals surface area contributed by atoms with Crippen LogP contribution in [0.25, 0.3) is 10.1 Å². The van der Waals surface area contributed by atoms with Crippen LogP contribution < -0.4 is 10.5 Å². The Labute approximate surface area is 194 Å². The third-order valence-electron chi connectivity index (χ3n) is 6.32. The fourth-order valence-electron chi connectivity index (χ4n) is 4.56. The zero-order valence-electron chi connectivity index (χ0n) is 17.5. The average Bonchev–Trinajstić information content (AvgIpc) is 3.13. The Balaban J connectivity index is 1.35. The molecule has 0 atom stereocenters. The van der Waals surface area contributed by atoms with Gasteiger partial charge in [-0.25, -0.2) is 0 Å². The van der Waals surface area contributed by atoms with Crippen molar-refractivity contribution in [3.8, 4) is 11.8 Å². The highest BCUT2D eigenvalue weighted by Gasteiger charge is 2.43. The summed E-state index contributed by atoms with van der Waals surface area (Å²) in [4.78, 5) is 29.0. The molecule has 162 valence electrons. The van der Waals surface area contributed by atoms with Crippen molar-refractivity contribution in [3.63, 3.8) is 0 Å². The monoisotopic (exact) mass is 463 g/mol. The van der Waals surface area contributed by atoms with E-state index < -0.39 is 0 Å². The second-order valence-electron chi connectivity index (χ2n) is 8.20. The molecule has 1 amide bonds. The summed E-state index contributed by atoms with van der Waals surface area (Å²) < 4.78 is 6.01. The van der Waals surface area contributed by atoms with E-state index in [4.69, 9.17) is 15.7 Å². The molecule has 2 aromatic carbocycles. The molecular formula is C24H21N3O3S2. The number of methoxy groups -OCH3 is 1. The molecule has 8 heteroatoms. The van der Waals surface area contributed by atoms with Gasteiger partial charge >= 0.3 is 0 Å². The van der Waals surface area contributed by atoms with Crippen LogP contribution in [0.2, 0.25) is 0 Å². The molecule has 2 N–H and O–H groups in total. The number of rotatable bonds is 2. The summed E-state index contributed by atoms with van der Waals surface area (Å²) in [6, 6.07) is 13.1. The lowest BCUT2D eigenvalue weighted by Crippen LogP contribution is -2.47. The van der Waals surface area contributed by atoms with E-state index in [2.05, 4.69) is 6.07 Å². The lowest BCUT2D eigenvalue weighted by Gasteiger charge is -2.43. The van der Waals surface area contributed by atoms with Gasteiger partial charge in [-0.3, -0.25) is 9.59 Å². The van der Waals surface area contributed by atoms with Crippen LogP contribution in [0, 0.1) is 11.3 Å². The minimum absolute atomic E-state index is 0.0556. The Morgan fingerprint density at radius 1 is 1.22 bits per heavy atom. The molecule has 0 bridgehead atoms. The first kappa shape index (κ1) is 20.9. The topological polar surface area (TPSA) is 96.4 Å². The Morgan fingerprint density at radius 2 is 2.00 bits per heavy atom. The maximum absolute atomic E-state index is 13.4. The predicted molar refractivity (Wildman–Crippen MR) is 127 cm³/mol. The number of nitriles is 1. The van der Waals surface area contributed by atoms with E-state index in [0.29, 0.717) is 41.2 Å². The van der Waals surface area contributed by atoms with E-state index in [-0.39, 0.29) is 16.4 Å². The molecule has 1 aromatic heterocycles. The summed E-state index contributed by atoms with van der Waals surface area (Å²) in [5.74, 6) is 0.761. The lowest BCUT2D eigenvalue weighted by atomic mass is 9.87. The van der Waals surface area contributed by atoms with Crippen molar-refractivity contribution in [2.75, 3.05) is 25.9 Å². The Morgan fingerprint density at radius 3 is 2.72 bits per heavy atom. The van der Waals surface area contributed by atoms with Crippen LogP contribution in [0.1, 0.15) is 45.5 Å². The molecule has 2 aliphatic heterocycles. The fraction of sp³-hybridized carbons (Fsp3) is 0.292. The number of benzene rings is 2. The van der Waals surface area contributed by atoms with E-state index in [1.807, 2.05) is 29.2 Å². The molecule has 3 heterocycles. The van der Waals surface area contributed by atoms with Crippen LogP contribution in [0.4, 0.5) is 5.00 Å². The van der Waals surface area contributed by atoms with Gasteiger partial charge in [-0.2, -0.15) is 5.26 Å². The van der Waals surface area contributed by atoms with Crippen LogP contribution in [-0.4, -0.2) is 41.5 Å². The first-order valence-corrected chi connectivity index (χ1v) is 12.0. The highest BCUT2D eigenvalue weighted by molar-refractivity contribution is 8.01. The normalized spacial score (nSPS) is 17.2. The number of nitrogens with zero attached hydrogens (tertiary/aromatic N) is 2. The number of likely N-dealkylation sites (tertiary alicyclic amines) is 1. The standard InChI is InChI=1S/C24H21N3O3S2/c1-30-15-3-4-16-20(11-15)31-22(26)21(16)23(29)27-8-6-24(7-9-27)12-18(28)17-10-14(13-25)2-5-19(17)32-24/h2-5,10-11H,6-9,12,26H2,1H3. The molecule has 3 aromatic rings. The summed E-state index contributed by atoms with van der Waals surface area (Å²) in [5, 5.41) is 10.5. The number of Topliss-reactive ketones (excluding diaryl/α,β-unsaturated/α-hetero) is 1. The first-order chi connectivity index (χ1) is 15.4. The number of amides is 1.